The summed E-state index contributed by atoms with van der Waals surface area (Å²) in [4.78, 5) is 0. The number of rotatable bonds is 1. The van der Waals surface area contributed by atoms with Gasteiger partial charge in [0, 0.05) is 0 Å². The Morgan fingerprint density at radius 1 is 0.619 bits per heavy atom. The van der Waals surface area contributed by atoms with E-state index in [1.54, 1.807) is 18.2 Å². The van der Waals surface area contributed by atoms with Crippen molar-refractivity contribution in [3.8, 4) is 33.8 Å². The summed E-state index contributed by atoms with van der Waals surface area (Å²) in [7, 11) is 0. The molecule has 1 aliphatic rings. The molecule has 0 unspecified atom stereocenters. The predicted octanol–water partition coefficient (Wildman–Crippen LogP) is 4.34. The van der Waals surface area contributed by atoms with Gasteiger partial charge in [0.2, 0.25) is 0 Å². The molecule has 0 atom stereocenters. The molecule has 2 nitrogen and oxygen atoms in total. The van der Waals surface area contributed by atoms with E-state index in [4.69, 9.17) is 0 Å². The maximum absolute atomic E-state index is 10.1. The molecule has 4 rings (SSSR count). The van der Waals surface area contributed by atoms with Gasteiger partial charge in [-0.05, 0) is 46.4 Å². The zero-order valence-electron chi connectivity index (χ0n) is 11.4. The Kier molecular flexibility index (Phi) is 2.51. The molecule has 21 heavy (non-hydrogen) atoms. The van der Waals surface area contributed by atoms with Crippen molar-refractivity contribution < 1.29 is 10.2 Å². The fraction of sp³-hybridized carbons (Fsp3) is 0.0526. The topological polar surface area (TPSA) is 40.5 Å². The molecule has 0 saturated heterocycles. The summed E-state index contributed by atoms with van der Waals surface area (Å²) in [5.41, 5.74) is 6.29. The highest BCUT2D eigenvalue weighted by molar-refractivity contribution is 5.88. The van der Waals surface area contributed by atoms with Crippen LogP contribution in [0.3, 0.4) is 0 Å². The van der Waals surface area contributed by atoms with Crippen molar-refractivity contribution in [2.45, 2.75) is 6.42 Å². The minimum Gasteiger partial charge on any atom is -0.507 e. The molecule has 0 aliphatic heterocycles. The number of phenolic OH excluding ortho intramolecular Hbond substituents is 2. The van der Waals surface area contributed by atoms with E-state index in [0.29, 0.717) is 5.56 Å². The van der Waals surface area contributed by atoms with E-state index in [9.17, 15) is 10.2 Å². The van der Waals surface area contributed by atoms with Gasteiger partial charge in [-0.3, -0.25) is 0 Å². The molecular weight excluding hydrogens is 260 g/mol. The van der Waals surface area contributed by atoms with Gasteiger partial charge in [-0.25, -0.2) is 0 Å². The molecule has 0 heterocycles. The van der Waals surface area contributed by atoms with Gasteiger partial charge >= 0.3 is 0 Å². The molecule has 102 valence electrons. The van der Waals surface area contributed by atoms with Crippen molar-refractivity contribution in [2.24, 2.45) is 0 Å². The van der Waals surface area contributed by atoms with E-state index >= 15 is 0 Å². The van der Waals surface area contributed by atoms with Crippen LogP contribution in [0.25, 0.3) is 22.3 Å². The van der Waals surface area contributed by atoms with Crippen LogP contribution >= 0.6 is 0 Å². The quantitative estimate of drug-likeness (QED) is 0.542. The Morgan fingerprint density at radius 2 is 1.24 bits per heavy atom. The second-order valence-corrected chi connectivity index (χ2v) is 5.34. The van der Waals surface area contributed by atoms with Gasteiger partial charge < -0.3 is 10.2 Å². The van der Waals surface area contributed by atoms with Crippen molar-refractivity contribution in [3.05, 3.63) is 71.8 Å². The van der Waals surface area contributed by atoms with Crippen LogP contribution in [0.15, 0.2) is 60.7 Å². The first-order valence-corrected chi connectivity index (χ1v) is 6.97. The fourth-order valence-corrected chi connectivity index (χ4v) is 3.20. The second-order valence-electron chi connectivity index (χ2n) is 5.34. The first-order valence-electron chi connectivity index (χ1n) is 6.97. The standard InChI is InChI=1S/C19H14O2/c20-17-9-4-10-18(21)19(17)15-8-3-7-14-13-6-2-1-5-12(13)11-16(14)15/h1-10,20-21H,11H2. The molecule has 0 amide bonds. The van der Waals surface area contributed by atoms with Crippen LogP contribution in [0.4, 0.5) is 0 Å². The molecule has 2 N–H and O–H groups in total. The van der Waals surface area contributed by atoms with Crippen molar-refractivity contribution in [1.82, 2.24) is 0 Å². The monoisotopic (exact) mass is 274 g/mol. The third-order valence-electron chi connectivity index (χ3n) is 4.14. The zero-order chi connectivity index (χ0) is 14.4. The number of hydrogen-bond acceptors (Lipinski definition) is 2. The number of benzene rings is 3. The molecule has 2 heteroatoms. The fourth-order valence-electron chi connectivity index (χ4n) is 3.20. The minimum atomic E-state index is 0.111. The van der Waals surface area contributed by atoms with Gasteiger partial charge in [0.15, 0.2) is 0 Å². The zero-order valence-corrected chi connectivity index (χ0v) is 11.4. The molecule has 3 aromatic carbocycles. The number of fused-ring (bicyclic) bond motifs is 3. The average Bonchev–Trinajstić information content (AvgIpc) is 2.87. The smallest absolute Gasteiger partial charge is 0.127 e. The highest BCUT2D eigenvalue weighted by atomic mass is 16.3. The maximum Gasteiger partial charge on any atom is 0.127 e. The maximum atomic E-state index is 10.1. The Hall–Kier alpha value is -2.74. The molecule has 0 radical (unpaired) electrons. The summed E-state index contributed by atoms with van der Waals surface area (Å²) >= 11 is 0. The van der Waals surface area contributed by atoms with E-state index in [1.807, 2.05) is 24.3 Å². The van der Waals surface area contributed by atoms with Crippen LogP contribution in [-0.2, 0) is 6.42 Å². The van der Waals surface area contributed by atoms with Crippen LogP contribution in [-0.4, -0.2) is 10.2 Å². The van der Waals surface area contributed by atoms with E-state index in [0.717, 1.165) is 17.5 Å². The Morgan fingerprint density at radius 3 is 2.05 bits per heavy atom. The van der Waals surface area contributed by atoms with Gasteiger partial charge in [-0.2, -0.15) is 0 Å². The Balaban J connectivity index is 1.99. The first-order chi connectivity index (χ1) is 10.3. The summed E-state index contributed by atoms with van der Waals surface area (Å²) in [6, 6.07) is 19.2. The lowest BCUT2D eigenvalue weighted by Gasteiger charge is -2.12. The Labute approximate surface area is 122 Å². The molecule has 0 bridgehead atoms. The van der Waals surface area contributed by atoms with Crippen LogP contribution in [0.1, 0.15) is 11.1 Å². The third-order valence-corrected chi connectivity index (χ3v) is 4.14. The van der Waals surface area contributed by atoms with Crippen LogP contribution in [0.5, 0.6) is 11.5 Å². The van der Waals surface area contributed by atoms with Gasteiger partial charge in [0.1, 0.15) is 11.5 Å². The number of phenols is 2. The average molecular weight is 274 g/mol. The Bertz CT molecular complexity index is 830. The summed E-state index contributed by atoms with van der Waals surface area (Å²) in [5.74, 6) is 0.221. The summed E-state index contributed by atoms with van der Waals surface area (Å²) in [6.45, 7) is 0. The minimum absolute atomic E-state index is 0.111. The summed E-state index contributed by atoms with van der Waals surface area (Å²) < 4.78 is 0. The van der Waals surface area contributed by atoms with Crippen LogP contribution < -0.4 is 0 Å². The van der Waals surface area contributed by atoms with Gasteiger partial charge in [0.25, 0.3) is 0 Å². The van der Waals surface area contributed by atoms with Gasteiger partial charge in [-0.15, -0.1) is 0 Å². The molecular formula is C19H14O2. The molecule has 1 aliphatic carbocycles. The highest BCUT2D eigenvalue weighted by Crippen LogP contribution is 2.45. The molecule has 0 fully saturated rings. The molecule has 0 aromatic heterocycles. The van der Waals surface area contributed by atoms with Gasteiger partial charge in [-0.1, -0.05) is 48.5 Å². The second kappa shape index (κ2) is 4.38. The third kappa shape index (κ3) is 1.73. The summed E-state index contributed by atoms with van der Waals surface area (Å²) in [6.07, 6.45) is 0.829. The lowest BCUT2D eigenvalue weighted by molar-refractivity contribution is 0.454. The molecule has 3 aromatic rings. The van der Waals surface area contributed by atoms with Crippen LogP contribution in [0, 0.1) is 0 Å². The largest absolute Gasteiger partial charge is 0.507 e. The summed E-state index contributed by atoms with van der Waals surface area (Å²) in [5, 5.41) is 20.3. The van der Waals surface area contributed by atoms with Crippen molar-refractivity contribution in [2.75, 3.05) is 0 Å². The lowest BCUT2D eigenvalue weighted by atomic mass is 9.94. The van der Waals surface area contributed by atoms with E-state index in [-0.39, 0.29) is 11.5 Å². The molecule has 0 saturated carbocycles. The van der Waals surface area contributed by atoms with E-state index in [2.05, 4.69) is 18.2 Å². The predicted molar refractivity (Wildman–Crippen MR) is 83.4 cm³/mol. The lowest BCUT2D eigenvalue weighted by Crippen LogP contribution is -1.89. The number of aromatic hydroxyl groups is 2. The van der Waals surface area contributed by atoms with E-state index in [1.165, 1.54) is 16.7 Å². The van der Waals surface area contributed by atoms with Crippen molar-refractivity contribution >= 4 is 0 Å². The number of hydrogen-bond donors (Lipinski definition) is 2. The van der Waals surface area contributed by atoms with Crippen molar-refractivity contribution in [1.29, 1.82) is 0 Å². The van der Waals surface area contributed by atoms with E-state index < -0.39 is 0 Å². The van der Waals surface area contributed by atoms with Gasteiger partial charge in [0.05, 0.1) is 5.56 Å². The molecule has 0 spiro atoms. The highest BCUT2D eigenvalue weighted by Gasteiger charge is 2.23. The van der Waals surface area contributed by atoms with Crippen LogP contribution in [0.2, 0.25) is 0 Å². The first kappa shape index (κ1) is 12.0. The SMILES string of the molecule is Oc1cccc(O)c1-c1cccc2c1Cc1ccccc1-2. The van der Waals surface area contributed by atoms with Crippen molar-refractivity contribution in [3.63, 3.8) is 0 Å². The normalized spacial score (nSPS) is 12.0.